The van der Waals surface area contributed by atoms with Crippen LogP contribution >= 0.6 is 11.6 Å². The Morgan fingerprint density at radius 1 is 0.971 bits per heavy atom. The number of amides is 1. The summed E-state index contributed by atoms with van der Waals surface area (Å²) in [6, 6.07) is 24.9. The Balaban J connectivity index is 1.65. The summed E-state index contributed by atoms with van der Waals surface area (Å²) in [6.45, 7) is 7.05. The number of carbonyl (C=O) groups excluding carboxylic acids is 1. The molecule has 1 N–H and O–H groups in total. The number of hydrogen-bond acceptors (Lipinski definition) is 3. The van der Waals surface area contributed by atoms with Gasteiger partial charge in [-0.25, -0.2) is 0 Å². The quantitative estimate of drug-likeness (QED) is 0.334. The third-order valence-corrected chi connectivity index (χ3v) is 5.90. The molecule has 34 heavy (non-hydrogen) atoms. The Morgan fingerprint density at radius 2 is 1.62 bits per heavy atom. The first kappa shape index (κ1) is 23.6. The van der Waals surface area contributed by atoms with Gasteiger partial charge in [0.15, 0.2) is 0 Å². The van der Waals surface area contributed by atoms with Crippen LogP contribution in [0.5, 0.6) is 5.75 Å². The zero-order chi connectivity index (χ0) is 24.3. The van der Waals surface area contributed by atoms with Crippen molar-refractivity contribution in [3.63, 3.8) is 0 Å². The van der Waals surface area contributed by atoms with Crippen molar-refractivity contribution in [2.75, 3.05) is 12.4 Å². The van der Waals surface area contributed by atoms with Gasteiger partial charge in [-0.2, -0.15) is 5.10 Å². The van der Waals surface area contributed by atoms with Crippen molar-refractivity contribution >= 4 is 23.2 Å². The van der Waals surface area contributed by atoms with E-state index in [1.165, 1.54) is 5.56 Å². The summed E-state index contributed by atoms with van der Waals surface area (Å²) in [4.78, 5) is 13.2. The lowest BCUT2D eigenvalue weighted by Gasteiger charge is -2.19. The van der Waals surface area contributed by atoms with Crippen molar-refractivity contribution in [2.45, 2.75) is 32.7 Å². The summed E-state index contributed by atoms with van der Waals surface area (Å²) in [7, 11) is 1.61. The smallest absolute Gasteiger partial charge is 0.273 e. The van der Waals surface area contributed by atoms with Gasteiger partial charge in [-0.05, 0) is 59.0 Å². The van der Waals surface area contributed by atoms with Gasteiger partial charge in [0, 0.05) is 16.3 Å². The average Bonchev–Trinajstić information content (AvgIpc) is 3.23. The van der Waals surface area contributed by atoms with E-state index in [4.69, 9.17) is 21.4 Å². The standard InChI is InChI=1S/C28H28ClN3O2/c1-28(2,3)21-9-5-19(6-10-21)18-32-26(17-25(31-32)20-7-11-22(29)12-8-20)27(33)30-23-13-15-24(34-4)16-14-23/h5-17H,18H2,1-4H3,(H,30,33). The maximum absolute atomic E-state index is 13.2. The number of anilines is 1. The van der Waals surface area contributed by atoms with Crippen LogP contribution in [0.2, 0.25) is 5.02 Å². The van der Waals surface area contributed by atoms with Gasteiger partial charge < -0.3 is 10.1 Å². The third kappa shape index (κ3) is 5.49. The first-order chi connectivity index (χ1) is 16.2. The molecule has 0 aliphatic carbocycles. The summed E-state index contributed by atoms with van der Waals surface area (Å²) in [5, 5.41) is 8.37. The molecule has 1 aromatic heterocycles. The molecular formula is C28H28ClN3O2. The molecule has 0 saturated carbocycles. The molecule has 1 amide bonds. The van der Waals surface area contributed by atoms with Crippen LogP contribution in [0.15, 0.2) is 78.9 Å². The van der Waals surface area contributed by atoms with E-state index in [0.29, 0.717) is 28.6 Å². The number of halogens is 1. The molecule has 3 aromatic carbocycles. The predicted octanol–water partition coefficient (Wildman–Crippen LogP) is 6.81. The minimum atomic E-state index is -0.232. The lowest BCUT2D eigenvalue weighted by Crippen LogP contribution is -2.18. The fourth-order valence-electron chi connectivity index (χ4n) is 3.63. The normalized spacial score (nSPS) is 11.3. The Hall–Kier alpha value is -3.57. The van der Waals surface area contributed by atoms with E-state index in [1.807, 2.05) is 54.6 Å². The van der Waals surface area contributed by atoms with Crippen LogP contribution in [-0.2, 0) is 12.0 Å². The highest BCUT2D eigenvalue weighted by Crippen LogP contribution is 2.25. The second kappa shape index (κ2) is 9.74. The molecule has 174 valence electrons. The van der Waals surface area contributed by atoms with E-state index >= 15 is 0 Å². The largest absolute Gasteiger partial charge is 0.497 e. The predicted molar refractivity (Wildman–Crippen MR) is 138 cm³/mol. The van der Waals surface area contributed by atoms with E-state index in [9.17, 15) is 4.79 Å². The number of ether oxygens (including phenoxy) is 1. The lowest BCUT2D eigenvalue weighted by atomic mass is 9.87. The molecule has 0 aliphatic heterocycles. The molecule has 0 bridgehead atoms. The number of benzene rings is 3. The lowest BCUT2D eigenvalue weighted by molar-refractivity contribution is 0.101. The molecule has 0 atom stereocenters. The van der Waals surface area contributed by atoms with Gasteiger partial charge >= 0.3 is 0 Å². The van der Waals surface area contributed by atoms with Crippen molar-refractivity contribution in [3.8, 4) is 17.0 Å². The fraction of sp³-hybridized carbons (Fsp3) is 0.214. The fourth-order valence-corrected chi connectivity index (χ4v) is 3.76. The molecule has 1 heterocycles. The van der Waals surface area contributed by atoms with Crippen LogP contribution < -0.4 is 10.1 Å². The molecule has 4 aromatic rings. The Morgan fingerprint density at radius 3 is 2.21 bits per heavy atom. The highest BCUT2D eigenvalue weighted by molar-refractivity contribution is 6.30. The van der Waals surface area contributed by atoms with Crippen LogP contribution in [0.3, 0.4) is 0 Å². The van der Waals surface area contributed by atoms with Gasteiger partial charge in [-0.1, -0.05) is 68.8 Å². The van der Waals surface area contributed by atoms with Crippen LogP contribution in [0.25, 0.3) is 11.3 Å². The summed E-state index contributed by atoms with van der Waals surface area (Å²) in [6.07, 6.45) is 0. The summed E-state index contributed by atoms with van der Waals surface area (Å²) < 4.78 is 6.94. The van der Waals surface area contributed by atoms with Crippen molar-refractivity contribution in [1.82, 2.24) is 9.78 Å². The Kier molecular flexibility index (Phi) is 6.75. The van der Waals surface area contributed by atoms with Gasteiger partial charge in [0.1, 0.15) is 11.4 Å². The highest BCUT2D eigenvalue weighted by Gasteiger charge is 2.18. The zero-order valence-corrected chi connectivity index (χ0v) is 20.6. The molecule has 0 fully saturated rings. The molecule has 6 heteroatoms. The number of nitrogens with one attached hydrogen (secondary N) is 1. The van der Waals surface area contributed by atoms with Crippen LogP contribution in [0, 0.1) is 0 Å². The van der Waals surface area contributed by atoms with Crippen molar-refractivity contribution in [3.05, 3.63) is 101 Å². The first-order valence-corrected chi connectivity index (χ1v) is 11.5. The second-order valence-electron chi connectivity index (χ2n) is 9.21. The number of nitrogens with zero attached hydrogens (tertiary/aromatic N) is 2. The van der Waals surface area contributed by atoms with E-state index in [2.05, 4.69) is 50.4 Å². The van der Waals surface area contributed by atoms with Crippen molar-refractivity contribution in [1.29, 1.82) is 0 Å². The summed E-state index contributed by atoms with van der Waals surface area (Å²) >= 11 is 6.05. The number of carbonyl (C=O) groups is 1. The van der Waals surface area contributed by atoms with E-state index in [1.54, 1.807) is 11.8 Å². The molecule has 0 radical (unpaired) electrons. The molecule has 5 nitrogen and oxygen atoms in total. The SMILES string of the molecule is COc1ccc(NC(=O)c2cc(-c3ccc(Cl)cc3)nn2Cc2ccc(C(C)(C)C)cc2)cc1. The van der Waals surface area contributed by atoms with E-state index in [0.717, 1.165) is 16.9 Å². The van der Waals surface area contributed by atoms with Crippen molar-refractivity contribution in [2.24, 2.45) is 0 Å². The summed E-state index contributed by atoms with van der Waals surface area (Å²) in [5.41, 5.74) is 5.16. The molecule has 0 saturated heterocycles. The molecular weight excluding hydrogens is 446 g/mol. The van der Waals surface area contributed by atoms with Crippen molar-refractivity contribution < 1.29 is 9.53 Å². The number of methoxy groups -OCH3 is 1. The zero-order valence-electron chi connectivity index (χ0n) is 19.8. The third-order valence-electron chi connectivity index (χ3n) is 5.65. The Labute approximate surface area is 205 Å². The maximum Gasteiger partial charge on any atom is 0.273 e. The first-order valence-electron chi connectivity index (χ1n) is 11.1. The Bertz CT molecular complexity index is 1270. The number of aromatic nitrogens is 2. The van der Waals surface area contributed by atoms with Crippen LogP contribution in [-0.4, -0.2) is 22.8 Å². The maximum atomic E-state index is 13.2. The molecule has 0 unspecified atom stereocenters. The average molecular weight is 474 g/mol. The van der Waals surface area contributed by atoms with Gasteiger partial charge in [0.2, 0.25) is 0 Å². The van der Waals surface area contributed by atoms with Gasteiger partial charge in [-0.3, -0.25) is 9.48 Å². The summed E-state index contributed by atoms with van der Waals surface area (Å²) in [5.74, 6) is 0.496. The number of rotatable bonds is 6. The van der Waals surface area contributed by atoms with Crippen LogP contribution in [0.1, 0.15) is 42.4 Å². The van der Waals surface area contributed by atoms with Gasteiger partial charge in [0.25, 0.3) is 5.91 Å². The van der Waals surface area contributed by atoms with Crippen LogP contribution in [0.4, 0.5) is 5.69 Å². The minimum absolute atomic E-state index is 0.0788. The number of hydrogen-bond donors (Lipinski definition) is 1. The molecule has 0 aliphatic rings. The van der Waals surface area contributed by atoms with Gasteiger partial charge in [-0.15, -0.1) is 0 Å². The van der Waals surface area contributed by atoms with Gasteiger partial charge in [0.05, 0.1) is 19.3 Å². The monoisotopic (exact) mass is 473 g/mol. The highest BCUT2D eigenvalue weighted by atomic mass is 35.5. The minimum Gasteiger partial charge on any atom is -0.497 e. The molecule has 0 spiro atoms. The van der Waals surface area contributed by atoms with E-state index < -0.39 is 0 Å². The molecule has 4 rings (SSSR count). The second-order valence-corrected chi connectivity index (χ2v) is 9.65. The van der Waals surface area contributed by atoms with E-state index in [-0.39, 0.29) is 11.3 Å². The topological polar surface area (TPSA) is 56.1 Å².